The number of nitrogens with zero attached hydrogens (tertiary/aromatic N) is 3. The van der Waals surface area contributed by atoms with Crippen LogP contribution in [0.5, 0.6) is 0 Å². The van der Waals surface area contributed by atoms with E-state index in [1.165, 1.54) is 0 Å². The van der Waals surface area contributed by atoms with Crippen LogP contribution in [0.1, 0.15) is 26.6 Å². The molecule has 0 radical (unpaired) electrons. The van der Waals surface area contributed by atoms with Crippen LogP contribution in [0.15, 0.2) is 24.3 Å². The van der Waals surface area contributed by atoms with E-state index >= 15 is 0 Å². The average molecular weight is 265 g/mol. The van der Waals surface area contributed by atoms with Crippen molar-refractivity contribution in [3.05, 3.63) is 35.1 Å². The Morgan fingerprint density at radius 1 is 1.17 bits per heavy atom. The number of nitrogens with two attached hydrogens (primary N) is 1. The van der Waals surface area contributed by atoms with Crippen LogP contribution in [0.25, 0.3) is 11.4 Å². The number of hydrogen-bond acceptors (Lipinski definition) is 3. The fourth-order valence-electron chi connectivity index (χ4n) is 1.94. The van der Waals surface area contributed by atoms with Gasteiger partial charge in [-0.3, -0.25) is 0 Å². The summed E-state index contributed by atoms with van der Waals surface area (Å²) in [4.78, 5) is 0. The third-order valence-corrected chi connectivity index (χ3v) is 2.94. The smallest absolute Gasteiger partial charge is 0.164 e. The van der Waals surface area contributed by atoms with Crippen molar-refractivity contribution in [3.63, 3.8) is 0 Å². The highest BCUT2D eigenvalue weighted by molar-refractivity contribution is 6.30. The molecule has 0 aliphatic heterocycles. The Balaban J connectivity index is 2.58. The monoisotopic (exact) mass is 264 g/mol. The van der Waals surface area contributed by atoms with Crippen molar-refractivity contribution >= 4 is 11.6 Å². The molecular weight excluding hydrogens is 248 g/mol. The summed E-state index contributed by atoms with van der Waals surface area (Å²) in [5, 5.41) is 9.11. The highest BCUT2D eigenvalue weighted by Gasteiger charge is 2.22. The molecule has 1 aromatic heterocycles. The lowest BCUT2D eigenvalue weighted by Crippen LogP contribution is -2.26. The van der Waals surface area contributed by atoms with E-state index in [-0.39, 0.29) is 5.54 Å². The van der Waals surface area contributed by atoms with Gasteiger partial charge < -0.3 is 10.3 Å². The summed E-state index contributed by atoms with van der Waals surface area (Å²) in [6, 6.07) is 7.57. The number of benzene rings is 1. The van der Waals surface area contributed by atoms with Gasteiger partial charge in [0.05, 0.1) is 6.54 Å². The molecule has 1 heterocycles. The van der Waals surface area contributed by atoms with Crippen molar-refractivity contribution in [2.24, 2.45) is 5.73 Å². The quantitative estimate of drug-likeness (QED) is 0.907. The first kappa shape index (κ1) is 13.1. The summed E-state index contributed by atoms with van der Waals surface area (Å²) in [6.07, 6.45) is 0. The fraction of sp³-hybridized carbons (Fsp3) is 0.385. The third-order valence-electron chi connectivity index (χ3n) is 2.69. The van der Waals surface area contributed by atoms with E-state index < -0.39 is 0 Å². The Bertz CT molecular complexity index is 537. The van der Waals surface area contributed by atoms with Gasteiger partial charge in [-0.25, -0.2) is 0 Å². The van der Waals surface area contributed by atoms with E-state index in [1.54, 1.807) is 0 Å². The molecule has 5 heteroatoms. The second-order valence-corrected chi connectivity index (χ2v) is 5.59. The van der Waals surface area contributed by atoms with Crippen molar-refractivity contribution in [1.82, 2.24) is 14.8 Å². The lowest BCUT2D eigenvalue weighted by Gasteiger charge is -2.24. The van der Waals surface area contributed by atoms with Crippen LogP contribution in [0, 0.1) is 0 Å². The van der Waals surface area contributed by atoms with E-state index in [1.807, 2.05) is 24.3 Å². The molecule has 2 aromatic rings. The standard InChI is InChI=1S/C13H17ClN4/c1-13(2,3)18-11(8-15)16-17-12(18)9-4-6-10(14)7-5-9/h4-7H,8,15H2,1-3H3. The minimum absolute atomic E-state index is 0.118. The lowest BCUT2D eigenvalue weighted by molar-refractivity contribution is 0.386. The van der Waals surface area contributed by atoms with E-state index in [0.29, 0.717) is 11.6 Å². The van der Waals surface area contributed by atoms with Crippen LogP contribution in [-0.2, 0) is 12.1 Å². The lowest BCUT2D eigenvalue weighted by atomic mass is 10.1. The molecule has 0 saturated carbocycles. The maximum Gasteiger partial charge on any atom is 0.164 e. The Hall–Kier alpha value is -1.39. The number of aromatic nitrogens is 3. The first-order valence-electron chi connectivity index (χ1n) is 5.84. The Labute approximate surface area is 112 Å². The largest absolute Gasteiger partial charge is 0.324 e. The molecule has 4 nitrogen and oxygen atoms in total. The summed E-state index contributed by atoms with van der Waals surface area (Å²) >= 11 is 5.90. The van der Waals surface area contributed by atoms with Gasteiger partial charge in [0.1, 0.15) is 5.82 Å². The Morgan fingerprint density at radius 3 is 2.28 bits per heavy atom. The van der Waals surface area contributed by atoms with Crippen LogP contribution in [-0.4, -0.2) is 14.8 Å². The summed E-state index contributed by atoms with van der Waals surface area (Å²) in [7, 11) is 0. The van der Waals surface area contributed by atoms with E-state index in [2.05, 4.69) is 35.5 Å². The molecule has 0 saturated heterocycles. The van der Waals surface area contributed by atoms with Gasteiger partial charge in [-0.15, -0.1) is 10.2 Å². The van der Waals surface area contributed by atoms with Gasteiger partial charge in [0.25, 0.3) is 0 Å². The van der Waals surface area contributed by atoms with Gasteiger partial charge in [-0.05, 0) is 45.0 Å². The summed E-state index contributed by atoms with van der Waals surface area (Å²) in [5.74, 6) is 1.60. The second-order valence-electron chi connectivity index (χ2n) is 5.16. The molecule has 0 aliphatic carbocycles. The predicted molar refractivity (Wildman–Crippen MR) is 73.4 cm³/mol. The molecule has 0 amide bonds. The molecule has 0 unspecified atom stereocenters. The minimum atomic E-state index is -0.118. The Kier molecular flexibility index (Phi) is 3.41. The van der Waals surface area contributed by atoms with E-state index in [9.17, 15) is 0 Å². The maximum atomic E-state index is 5.90. The SMILES string of the molecule is CC(C)(C)n1c(CN)nnc1-c1ccc(Cl)cc1. The van der Waals surface area contributed by atoms with Gasteiger partial charge in [-0.2, -0.15) is 0 Å². The van der Waals surface area contributed by atoms with Crippen LogP contribution in [0.4, 0.5) is 0 Å². The summed E-state index contributed by atoms with van der Waals surface area (Å²) in [5.41, 5.74) is 6.59. The van der Waals surface area contributed by atoms with Gasteiger partial charge in [-0.1, -0.05) is 11.6 Å². The van der Waals surface area contributed by atoms with Gasteiger partial charge in [0, 0.05) is 16.1 Å². The molecule has 2 N–H and O–H groups in total. The van der Waals surface area contributed by atoms with Gasteiger partial charge in [0.2, 0.25) is 0 Å². The third kappa shape index (κ3) is 2.40. The zero-order chi connectivity index (χ0) is 13.3. The van der Waals surface area contributed by atoms with Gasteiger partial charge >= 0.3 is 0 Å². The van der Waals surface area contributed by atoms with Crippen molar-refractivity contribution in [2.75, 3.05) is 0 Å². The molecule has 0 fully saturated rings. The van der Waals surface area contributed by atoms with Crippen molar-refractivity contribution in [3.8, 4) is 11.4 Å². The van der Waals surface area contributed by atoms with Crippen molar-refractivity contribution in [2.45, 2.75) is 32.9 Å². The van der Waals surface area contributed by atoms with Crippen molar-refractivity contribution < 1.29 is 0 Å². The zero-order valence-corrected chi connectivity index (χ0v) is 11.6. The molecule has 2 rings (SSSR count). The van der Waals surface area contributed by atoms with Crippen molar-refractivity contribution in [1.29, 1.82) is 0 Å². The summed E-state index contributed by atoms with van der Waals surface area (Å²) in [6.45, 7) is 6.69. The van der Waals surface area contributed by atoms with Gasteiger partial charge in [0.15, 0.2) is 5.82 Å². The molecule has 18 heavy (non-hydrogen) atoms. The van der Waals surface area contributed by atoms with E-state index in [4.69, 9.17) is 17.3 Å². The Morgan fingerprint density at radius 2 is 1.78 bits per heavy atom. The average Bonchev–Trinajstić information content (AvgIpc) is 2.73. The molecule has 1 aromatic carbocycles. The molecule has 0 bridgehead atoms. The van der Waals surface area contributed by atoms with Crippen LogP contribution < -0.4 is 5.73 Å². The molecule has 0 spiro atoms. The minimum Gasteiger partial charge on any atom is -0.324 e. The highest BCUT2D eigenvalue weighted by Crippen LogP contribution is 2.26. The maximum absolute atomic E-state index is 5.90. The molecule has 0 aliphatic rings. The predicted octanol–water partition coefficient (Wildman–Crippen LogP) is 2.81. The number of rotatable bonds is 2. The summed E-state index contributed by atoms with van der Waals surface area (Å²) < 4.78 is 2.07. The molecular formula is C13H17ClN4. The molecule has 96 valence electrons. The van der Waals surface area contributed by atoms with Crippen LogP contribution in [0.2, 0.25) is 5.02 Å². The first-order valence-corrected chi connectivity index (χ1v) is 6.22. The number of halogens is 1. The molecule has 0 atom stereocenters. The fourth-order valence-corrected chi connectivity index (χ4v) is 2.07. The first-order chi connectivity index (χ1) is 8.43. The van der Waals surface area contributed by atoms with Crippen LogP contribution >= 0.6 is 11.6 Å². The topological polar surface area (TPSA) is 56.7 Å². The van der Waals surface area contributed by atoms with E-state index in [0.717, 1.165) is 17.2 Å². The second kappa shape index (κ2) is 4.71. The highest BCUT2D eigenvalue weighted by atomic mass is 35.5. The number of hydrogen-bond donors (Lipinski definition) is 1. The van der Waals surface area contributed by atoms with Crippen LogP contribution in [0.3, 0.4) is 0 Å². The normalized spacial score (nSPS) is 11.8. The zero-order valence-electron chi connectivity index (χ0n) is 10.8.